The molecule has 1 aliphatic rings. The zero-order valence-electron chi connectivity index (χ0n) is 10.3. The van der Waals surface area contributed by atoms with Gasteiger partial charge in [0.1, 0.15) is 0 Å². The average Bonchev–Trinajstić information content (AvgIpc) is 2.78. The lowest BCUT2D eigenvalue weighted by Gasteiger charge is -2.19. The van der Waals surface area contributed by atoms with Crippen LogP contribution in [-0.2, 0) is 0 Å². The fraction of sp³-hybridized carbons (Fsp3) is 0.571. The number of benzene rings is 1. The van der Waals surface area contributed by atoms with Gasteiger partial charge in [0.25, 0.3) is 0 Å². The summed E-state index contributed by atoms with van der Waals surface area (Å²) < 4.78 is 0. The molecule has 2 nitrogen and oxygen atoms in total. The number of aliphatic hydroxyl groups is 1. The average molecular weight is 254 g/mol. The third kappa shape index (κ3) is 3.36. The molecule has 0 amide bonds. The van der Waals surface area contributed by atoms with Crippen LogP contribution >= 0.6 is 11.6 Å². The molecule has 1 aromatic rings. The molecule has 0 spiro atoms. The Kier molecular flexibility index (Phi) is 4.30. The Balaban J connectivity index is 1.91. The molecule has 1 saturated heterocycles. The summed E-state index contributed by atoms with van der Waals surface area (Å²) in [6, 6.07) is 8.06. The predicted octanol–water partition coefficient (Wildman–Crippen LogP) is 3.18. The van der Waals surface area contributed by atoms with E-state index in [9.17, 15) is 0 Å². The molecule has 17 heavy (non-hydrogen) atoms. The van der Waals surface area contributed by atoms with Crippen LogP contribution in [0.15, 0.2) is 24.3 Å². The number of rotatable bonds is 4. The van der Waals surface area contributed by atoms with Crippen LogP contribution in [0.3, 0.4) is 0 Å². The topological polar surface area (TPSA) is 23.5 Å². The maximum Gasteiger partial charge on any atom is 0.0456 e. The van der Waals surface area contributed by atoms with Crippen molar-refractivity contribution in [2.24, 2.45) is 11.8 Å². The Labute approximate surface area is 108 Å². The minimum atomic E-state index is 0.303. The van der Waals surface area contributed by atoms with E-state index in [4.69, 9.17) is 16.7 Å². The highest BCUT2D eigenvalue weighted by Gasteiger charge is 2.23. The Bertz CT molecular complexity index is 352. The molecule has 0 saturated carbocycles. The third-order valence-electron chi connectivity index (χ3n) is 3.53. The molecule has 0 aromatic heterocycles. The van der Waals surface area contributed by atoms with Gasteiger partial charge in [-0.3, -0.25) is 0 Å². The first-order chi connectivity index (χ1) is 8.19. The van der Waals surface area contributed by atoms with Gasteiger partial charge in [0.2, 0.25) is 0 Å². The highest BCUT2D eigenvalue weighted by atomic mass is 35.5. The summed E-state index contributed by atoms with van der Waals surface area (Å²) in [5.41, 5.74) is 1.26. The maximum atomic E-state index is 9.08. The molecular formula is C14H20ClNO. The monoisotopic (exact) mass is 253 g/mol. The first-order valence-corrected chi connectivity index (χ1v) is 6.68. The van der Waals surface area contributed by atoms with Gasteiger partial charge in [0.05, 0.1) is 0 Å². The Morgan fingerprint density at radius 2 is 2.12 bits per heavy atom. The van der Waals surface area contributed by atoms with Crippen molar-refractivity contribution < 1.29 is 5.11 Å². The highest BCUT2D eigenvalue weighted by molar-refractivity contribution is 6.30. The van der Waals surface area contributed by atoms with Crippen LogP contribution in [0.25, 0.3) is 0 Å². The van der Waals surface area contributed by atoms with Gasteiger partial charge in [0, 0.05) is 30.4 Å². The van der Waals surface area contributed by atoms with Crippen LogP contribution in [0.2, 0.25) is 5.02 Å². The van der Waals surface area contributed by atoms with Crippen LogP contribution in [0.4, 0.5) is 5.69 Å². The molecule has 94 valence electrons. The quantitative estimate of drug-likeness (QED) is 0.891. The van der Waals surface area contributed by atoms with E-state index in [0.29, 0.717) is 18.4 Å². The highest BCUT2D eigenvalue weighted by Crippen LogP contribution is 2.28. The molecular weight excluding hydrogens is 234 g/mol. The lowest BCUT2D eigenvalue weighted by molar-refractivity contribution is 0.215. The summed E-state index contributed by atoms with van der Waals surface area (Å²) in [6.07, 6.45) is 2.35. The van der Waals surface area contributed by atoms with E-state index in [1.165, 1.54) is 12.1 Å². The van der Waals surface area contributed by atoms with Crippen molar-refractivity contribution in [3.8, 4) is 0 Å². The first kappa shape index (κ1) is 12.7. The van der Waals surface area contributed by atoms with Crippen molar-refractivity contribution in [2.75, 3.05) is 24.6 Å². The maximum absolute atomic E-state index is 9.08. The number of hydrogen-bond donors (Lipinski definition) is 1. The van der Waals surface area contributed by atoms with E-state index in [-0.39, 0.29) is 0 Å². The predicted molar refractivity (Wildman–Crippen MR) is 72.6 cm³/mol. The van der Waals surface area contributed by atoms with Gasteiger partial charge in [-0.1, -0.05) is 18.5 Å². The van der Waals surface area contributed by atoms with Crippen molar-refractivity contribution in [3.05, 3.63) is 29.3 Å². The van der Waals surface area contributed by atoms with Crippen molar-refractivity contribution in [2.45, 2.75) is 19.8 Å². The Hall–Kier alpha value is -0.730. The van der Waals surface area contributed by atoms with Gasteiger partial charge in [-0.25, -0.2) is 0 Å². The molecule has 3 heteroatoms. The van der Waals surface area contributed by atoms with E-state index < -0.39 is 0 Å². The molecule has 1 heterocycles. The Morgan fingerprint density at radius 3 is 2.76 bits per heavy atom. The van der Waals surface area contributed by atoms with Gasteiger partial charge < -0.3 is 10.0 Å². The third-order valence-corrected chi connectivity index (χ3v) is 3.78. The molecule has 0 radical (unpaired) electrons. The molecule has 2 rings (SSSR count). The zero-order chi connectivity index (χ0) is 12.3. The van der Waals surface area contributed by atoms with Crippen LogP contribution in [0.1, 0.15) is 19.8 Å². The second-order valence-corrected chi connectivity index (χ2v) is 5.54. The van der Waals surface area contributed by atoms with Crippen molar-refractivity contribution >= 4 is 17.3 Å². The molecule has 0 bridgehead atoms. The molecule has 2 atom stereocenters. The second kappa shape index (κ2) is 5.74. The number of anilines is 1. The zero-order valence-corrected chi connectivity index (χ0v) is 11.0. The van der Waals surface area contributed by atoms with E-state index in [0.717, 1.165) is 24.5 Å². The molecule has 1 aromatic carbocycles. The molecule has 1 aliphatic heterocycles. The standard InChI is InChI=1S/C14H20ClNO/c1-11(10-17)8-12-6-7-16(9-12)14-4-2-13(15)3-5-14/h2-5,11-12,17H,6-10H2,1H3. The number of hydrogen-bond acceptors (Lipinski definition) is 2. The van der Waals surface area contributed by atoms with E-state index in [1.54, 1.807) is 0 Å². The Morgan fingerprint density at radius 1 is 1.41 bits per heavy atom. The first-order valence-electron chi connectivity index (χ1n) is 6.30. The summed E-state index contributed by atoms with van der Waals surface area (Å²) in [4.78, 5) is 2.41. The van der Waals surface area contributed by atoms with Gasteiger partial charge in [0.15, 0.2) is 0 Å². The SMILES string of the molecule is CC(CO)CC1CCN(c2ccc(Cl)cc2)C1. The summed E-state index contributed by atoms with van der Waals surface area (Å²) in [5, 5.41) is 9.87. The molecule has 0 aliphatic carbocycles. The van der Waals surface area contributed by atoms with Crippen molar-refractivity contribution in [1.29, 1.82) is 0 Å². The van der Waals surface area contributed by atoms with Crippen molar-refractivity contribution in [3.63, 3.8) is 0 Å². The smallest absolute Gasteiger partial charge is 0.0456 e. The van der Waals surface area contributed by atoms with Gasteiger partial charge in [-0.2, -0.15) is 0 Å². The number of nitrogens with zero attached hydrogens (tertiary/aromatic N) is 1. The molecule has 2 unspecified atom stereocenters. The largest absolute Gasteiger partial charge is 0.396 e. The number of aliphatic hydroxyl groups excluding tert-OH is 1. The molecule has 1 fully saturated rings. The fourth-order valence-electron chi connectivity index (χ4n) is 2.56. The lowest BCUT2D eigenvalue weighted by atomic mass is 9.96. The summed E-state index contributed by atoms with van der Waals surface area (Å²) >= 11 is 5.89. The normalized spacial score (nSPS) is 21.8. The summed E-state index contributed by atoms with van der Waals surface area (Å²) in [6.45, 7) is 4.64. The molecule has 1 N–H and O–H groups in total. The van der Waals surface area contributed by atoms with Crippen LogP contribution in [0, 0.1) is 11.8 Å². The van der Waals surface area contributed by atoms with Gasteiger partial charge in [-0.15, -0.1) is 0 Å². The number of halogens is 1. The van der Waals surface area contributed by atoms with E-state index in [1.807, 2.05) is 12.1 Å². The van der Waals surface area contributed by atoms with Gasteiger partial charge in [-0.05, 0) is 48.9 Å². The van der Waals surface area contributed by atoms with Gasteiger partial charge >= 0.3 is 0 Å². The van der Waals surface area contributed by atoms with Crippen LogP contribution in [-0.4, -0.2) is 24.8 Å². The van der Waals surface area contributed by atoms with E-state index in [2.05, 4.69) is 24.0 Å². The summed E-state index contributed by atoms with van der Waals surface area (Å²) in [5.74, 6) is 1.14. The van der Waals surface area contributed by atoms with E-state index >= 15 is 0 Å². The minimum absolute atomic E-state index is 0.303. The van der Waals surface area contributed by atoms with Crippen molar-refractivity contribution in [1.82, 2.24) is 0 Å². The fourth-order valence-corrected chi connectivity index (χ4v) is 2.68. The van der Waals surface area contributed by atoms with Crippen LogP contribution < -0.4 is 4.90 Å². The second-order valence-electron chi connectivity index (χ2n) is 5.10. The van der Waals surface area contributed by atoms with Crippen LogP contribution in [0.5, 0.6) is 0 Å². The summed E-state index contributed by atoms with van der Waals surface area (Å²) in [7, 11) is 0. The lowest BCUT2D eigenvalue weighted by Crippen LogP contribution is -2.20. The minimum Gasteiger partial charge on any atom is -0.396 e.